The number of benzene rings is 1. The zero-order valence-electron chi connectivity index (χ0n) is 11.8. The summed E-state index contributed by atoms with van der Waals surface area (Å²) in [6.45, 7) is 3.24. The number of rotatable bonds is 6. The number of carboxylic acids is 1. The SMILES string of the molecule is CCS(=O)(=O)CCNC(=O)Nc1ccc(C)cc1C(=O)O. The molecule has 0 aliphatic heterocycles. The predicted octanol–water partition coefficient (Wildman–Crippen LogP) is 1.25. The number of hydrogen-bond acceptors (Lipinski definition) is 4. The Kier molecular flexibility index (Phi) is 5.71. The summed E-state index contributed by atoms with van der Waals surface area (Å²) < 4.78 is 22.5. The van der Waals surface area contributed by atoms with Crippen LogP contribution < -0.4 is 10.6 Å². The third-order valence-corrected chi connectivity index (χ3v) is 4.50. The zero-order chi connectivity index (χ0) is 16.0. The Hall–Kier alpha value is -2.09. The van der Waals surface area contributed by atoms with Crippen LogP contribution in [-0.2, 0) is 9.84 Å². The molecule has 0 radical (unpaired) electrons. The second kappa shape index (κ2) is 7.07. The van der Waals surface area contributed by atoms with Crippen LogP contribution in [0.25, 0.3) is 0 Å². The van der Waals surface area contributed by atoms with Crippen molar-refractivity contribution in [2.24, 2.45) is 0 Å². The average Bonchev–Trinajstić information content (AvgIpc) is 2.40. The van der Waals surface area contributed by atoms with Crippen LogP contribution in [-0.4, -0.2) is 43.6 Å². The van der Waals surface area contributed by atoms with Crippen molar-refractivity contribution >= 4 is 27.5 Å². The highest BCUT2D eigenvalue weighted by Crippen LogP contribution is 2.17. The van der Waals surface area contributed by atoms with E-state index in [4.69, 9.17) is 5.11 Å². The van der Waals surface area contributed by atoms with Crippen molar-refractivity contribution in [1.29, 1.82) is 0 Å². The Labute approximate surface area is 123 Å². The lowest BCUT2D eigenvalue weighted by Crippen LogP contribution is -2.33. The van der Waals surface area contributed by atoms with E-state index < -0.39 is 21.8 Å². The molecule has 0 heterocycles. The molecule has 116 valence electrons. The monoisotopic (exact) mass is 314 g/mol. The molecule has 0 spiro atoms. The van der Waals surface area contributed by atoms with E-state index in [0.29, 0.717) is 0 Å². The first-order chi connectivity index (χ1) is 9.75. The van der Waals surface area contributed by atoms with E-state index in [1.54, 1.807) is 13.0 Å². The van der Waals surface area contributed by atoms with Gasteiger partial charge in [0.15, 0.2) is 9.84 Å². The lowest BCUT2D eigenvalue weighted by molar-refractivity contribution is 0.0698. The molecule has 21 heavy (non-hydrogen) atoms. The largest absolute Gasteiger partial charge is 0.478 e. The molecule has 1 aromatic carbocycles. The predicted molar refractivity (Wildman–Crippen MR) is 79.5 cm³/mol. The molecule has 0 aliphatic carbocycles. The van der Waals surface area contributed by atoms with Crippen LogP contribution in [0.5, 0.6) is 0 Å². The second-order valence-electron chi connectivity index (χ2n) is 4.47. The Bertz CT molecular complexity index is 640. The number of nitrogens with one attached hydrogen (secondary N) is 2. The van der Waals surface area contributed by atoms with E-state index >= 15 is 0 Å². The maximum atomic E-state index is 11.6. The van der Waals surface area contributed by atoms with Gasteiger partial charge in [-0.25, -0.2) is 18.0 Å². The molecule has 0 aliphatic rings. The molecule has 2 amide bonds. The highest BCUT2D eigenvalue weighted by molar-refractivity contribution is 7.91. The number of amides is 2. The van der Waals surface area contributed by atoms with Crippen LogP contribution in [0.15, 0.2) is 18.2 Å². The molecule has 1 aromatic rings. The number of carboxylic acid groups (broad SMARTS) is 1. The van der Waals surface area contributed by atoms with E-state index in [2.05, 4.69) is 10.6 Å². The van der Waals surface area contributed by atoms with Crippen molar-refractivity contribution in [3.63, 3.8) is 0 Å². The minimum absolute atomic E-state index is 0.0113. The molecule has 0 unspecified atom stereocenters. The standard InChI is InChI=1S/C13H18N2O5S/c1-3-21(19,20)7-6-14-13(18)15-11-5-4-9(2)8-10(11)12(16)17/h4-5,8H,3,6-7H2,1-2H3,(H,16,17)(H2,14,15,18). The van der Waals surface area contributed by atoms with Gasteiger partial charge in [0, 0.05) is 12.3 Å². The molecule has 3 N–H and O–H groups in total. The van der Waals surface area contributed by atoms with Gasteiger partial charge in [-0.1, -0.05) is 18.6 Å². The number of carbonyl (C=O) groups excluding carboxylic acids is 1. The minimum Gasteiger partial charge on any atom is -0.478 e. The highest BCUT2D eigenvalue weighted by Gasteiger charge is 2.13. The maximum absolute atomic E-state index is 11.6. The molecule has 0 atom stereocenters. The van der Waals surface area contributed by atoms with Crippen LogP contribution in [0.2, 0.25) is 0 Å². The zero-order valence-corrected chi connectivity index (χ0v) is 12.7. The van der Waals surface area contributed by atoms with Crippen molar-refractivity contribution in [2.45, 2.75) is 13.8 Å². The highest BCUT2D eigenvalue weighted by atomic mass is 32.2. The summed E-state index contributed by atoms with van der Waals surface area (Å²) in [6.07, 6.45) is 0. The van der Waals surface area contributed by atoms with Crippen molar-refractivity contribution in [3.8, 4) is 0 Å². The van der Waals surface area contributed by atoms with E-state index in [1.165, 1.54) is 19.1 Å². The van der Waals surface area contributed by atoms with Crippen molar-refractivity contribution in [3.05, 3.63) is 29.3 Å². The summed E-state index contributed by atoms with van der Waals surface area (Å²) in [6, 6.07) is 3.96. The molecule has 0 fully saturated rings. The number of sulfone groups is 1. The number of aryl methyl sites for hydroxylation is 1. The van der Waals surface area contributed by atoms with Gasteiger partial charge in [0.25, 0.3) is 0 Å². The fourth-order valence-electron chi connectivity index (χ4n) is 1.57. The first-order valence-electron chi connectivity index (χ1n) is 6.34. The first kappa shape index (κ1) is 17.0. The number of aromatic carboxylic acids is 1. The average molecular weight is 314 g/mol. The molecule has 8 heteroatoms. The van der Waals surface area contributed by atoms with Gasteiger partial charge < -0.3 is 15.7 Å². The number of urea groups is 1. The first-order valence-corrected chi connectivity index (χ1v) is 8.16. The third-order valence-electron chi connectivity index (χ3n) is 2.79. The van der Waals surface area contributed by atoms with Gasteiger partial charge in [-0.05, 0) is 19.1 Å². The Morgan fingerprint density at radius 2 is 1.95 bits per heavy atom. The van der Waals surface area contributed by atoms with Crippen LogP contribution in [0, 0.1) is 6.92 Å². The van der Waals surface area contributed by atoms with Crippen LogP contribution in [0.4, 0.5) is 10.5 Å². The quantitative estimate of drug-likeness (QED) is 0.731. The Morgan fingerprint density at radius 1 is 1.29 bits per heavy atom. The van der Waals surface area contributed by atoms with Gasteiger partial charge >= 0.3 is 12.0 Å². The van der Waals surface area contributed by atoms with E-state index in [-0.39, 0.29) is 29.3 Å². The van der Waals surface area contributed by atoms with E-state index in [1.807, 2.05) is 0 Å². The number of hydrogen-bond donors (Lipinski definition) is 3. The lowest BCUT2D eigenvalue weighted by Gasteiger charge is -2.10. The van der Waals surface area contributed by atoms with E-state index in [9.17, 15) is 18.0 Å². The van der Waals surface area contributed by atoms with Gasteiger partial charge in [0.05, 0.1) is 17.0 Å². The summed E-state index contributed by atoms with van der Waals surface area (Å²) in [5.41, 5.74) is 0.891. The van der Waals surface area contributed by atoms with Gasteiger partial charge in [0.1, 0.15) is 0 Å². The molecule has 0 saturated carbocycles. The third kappa shape index (κ3) is 5.42. The molecule has 0 aromatic heterocycles. The van der Waals surface area contributed by atoms with Crippen molar-refractivity contribution in [2.75, 3.05) is 23.4 Å². The summed E-state index contributed by atoms with van der Waals surface area (Å²) in [4.78, 5) is 22.7. The normalized spacial score (nSPS) is 11.0. The van der Waals surface area contributed by atoms with Crippen molar-refractivity contribution < 1.29 is 23.1 Å². The summed E-state index contributed by atoms with van der Waals surface area (Å²) >= 11 is 0. The lowest BCUT2D eigenvalue weighted by atomic mass is 10.1. The fraction of sp³-hybridized carbons (Fsp3) is 0.385. The van der Waals surface area contributed by atoms with Gasteiger partial charge in [-0.3, -0.25) is 0 Å². The van der Waals surface area contributed by atoms with Gasteiger partial charge in [-0.2, -0.15) is 0 Å². The minimum atomic E-state index is -3.15. The number of carbonyl (C=O) groups is 2. The molecular formula is C13H18N2O5S. The maximum Gasteiger partial charge on any atom is 0.337 e. The van der Waals surface area contributed by atoms with Crippen LogP contribution in [0.3, 0.4) is 0 Å². The van der Waals surface area contributed by atoms with Crippen LogP contribution in [0.1, 0.15) is 22.8 Å². The van der Waals surface area contributed by atoms with Crippen LogP contribution >= 0.6 is 0 Å². The smallest absolute Gasteiger partial charge is 0.337 e. The summed E-state index contributed by atoms with van der Waals surface area (Å²) in [7, 11) is -3.15. The molecule has 7 nitrogen and oxygen atoms in total. The topological polar surface area (TPSA) is 113 Å². The van der Waals surface area contributed by atoms with Gasteiger partial charge in [0.2, 0.25) is 0 Å². The molecule has 1 rings (SSSR count). The molecular weight excluding hydrogens is 296 g/mol. The second-order valence-corrected chi connectivity index (χ2v) is 6.94. The molecule has 0 bridgehead atoms. The Balaban J connectivity index is 2.66. The van der Waals surface area contributed by atoms with Gasteiger partial charge in [-0.15, -0.1) is 0 Å². The summed E-state index contributed by atoms with van der Waals surface area (Å²) in [5.74, 6) is -1.30. The van der Waals surface area contributed by atoms with Crippen molar-refractivity contribution in [1.82, 2.24) is 5.32 Å². The number of anilines is 1. The molecule has 0 saturated heterocycles. The summed E-state index contributed by atoms with van der Waals surface area (Å²) in [5, 5.41) is 13.8. The van der Waals surface area contributed by atoms with E-state index in [0.717, 1.165) is 5.56 Å². The Morgan fingerprint density at radius 3 is 2.52 bits per heavy atom. The fourth-order valence-corrected chi connectivity index (χ4v) is 2.28.